The minimum atomic E-state index is -0.448. The zero-order valence-electron chi connectivity index (χ0n) is 10.9. The van der Waals surface area contributed by atoms with Crippen molar-refractivity contribution in [2.75, 3.05) is 25.0 Å². The van der Waals surface area contributed by atoms with E-state index >= 15 is 0 Å². The van der Waals surface area contributed by atoms with Gasteiger partial charge in [-0.05, 0) is 43.5 Å². The summed E-state index contributed by atoms with van der Waals surface area (Å²) in [5.41, 5.74) is 6.44. The second-order valence-corrected chi connectivity index (χ2v) is 4.74. The van der Waals surface area contributed by atoms with E-state index < -0.39 is 5.91 Å². The number of nitrogens with one attached hydrogen (secondary N) is 1. The molecule has 1 fully saturated rings. The van der Waals surface area contributed by atoms with Gasteiger partial charge in [0.15, 0.2) is 0 Å². The fraction of sp³-hybridized carbons (Fsp3) is 0.429. The van der Waals surface area contributed by atoms with Crippen LogP contribution in [0, 0.1) is 0 Å². The highest BCUT2D eigenvalue weighted by molar-refractivity contribution is 5.93. The molecule has 0 saturated carbocycles. The van der Waals surface area contributed by atoms with Gasteiger partial charge in [-0.2, -0.15) is 0 Å². The van der Waals surface area contributed by atoms with Gasteiger partial charge in [0, 0.05) is 24.3 Å². The van der Waals surface area contributed by atoms with E-state index in [-0.39, 0.29) is 12.5 Å². The van der Waals surface area contributed by atoms with Gasteiger partial charge in [-0.25, -0.2) is 0 Å². The molecule has 3 N–H and O–H groups in total. The number of nitrogens with zero attached hydrogens (tertiary/aromatic N) is 1. The average Bonchev–Trinajstić information content (AvgIpc) is 2.46. The monoisotopic (exact) mass is 261 g/mol. The molecule has 1 aliphatic heterocycles. The standard InChI is InChI=1S/C14H19N3O2/c15-14(19)11-4-6-12(7-5-11)16-10-13(18)17-8-2-1-3-9-17/h4-7,16H,1-3,8-10H2,(H2,15,19). The molecule has 1 aliphatic rings. The Labute approximate surface area is 112 Å². The fourth-order valence-electron chi connectivity index (χ4n) is 2.19. The molecule has 1 aromatic rings. The third-order valence-corrected chi connectivity index (χ3v) is 3.32. The minimum absolute atomic E-state index is 0.124. The quantitative estimate of drug-likeness (QED) is 0.855. The van der Waals surface area contributed by atoms with Crippen molar-refractivity contribution in [3.63, 3.8) is 0 Å². The van der Waals surface area contributed by atoms with Crippen LogP contribution in [0.25, 0.3) is 0 Å². The number of carbonyl (C=O) groups is 2. The van der Waals surface area contributed by atoms with Crippen molar-refractivity contribution in [3.8, 4) is 0 Å². The van der Waals surface area contributed by atoms with Crippen molar-refractivity contribution in [2.45, 2.75) is 19.3 Å². The van der Waals surface area contributed by atoms with Crippen LogP contribution in [0.3, 0.4) is 0 Å². The van der Waals surface area contributed by atoms with E-state index in [1.54, 1.807) is 24.3 Å². The van der Waals surface area contributed by atoms with Crippen LogP contribution in [-0.4, -0.2) is 36.3 Å². The predicted octanol–water partition coefficient (Wildman–Crippen LogP) is 1.21. The molecule has 0 unspecified atom stereocenters. The van der Waals surface area contributed by atoms with Crippen LogP contribution < -0.4 is 11.1 Å². The number of carbonyl (C=O) groups excluding carboxylic acids is 2. The Morgan fingerprint density at radius 3 is 2.32 bits per heavy atom. The third kappa shape index (κ3) is 3.71. The van der Waals surface area contributed by atoms with Crippen LogP contribution in [0.5, 0.6) is 0 Å². The number of piperidine rings is 1. The first kappa shape index (κ1) is 13.4. The second kappa shape index (κ2) is 6.22. The van der Waals surface area contributed by atoms with E-state index in [1.165, 1.54) is 6.42 Å². The fourth-order valence-corrected chi connectivity index (χ4v) is 2.19. The SMILES string of the molecule is NC(=O)c1ccc(NCC(=O)N2CCCCC2)cc1. The Hall–Kier alpha value is -2.04. The number of nitrogens with two attached hydrogens (primary N) is 1. The van der Waals surface area contributed by atoms with Crippen molar-refractivity contribution < 1.29 is 9.59 Å². The molecule has 5 nitrogen and oxygen atoms in total. The van der Waals surface area contributed by atoms with Gasteiger partial charge >= 0.3 is 0 Å². The Bertz CT molecular complexity index is 450. The summed E-state index contributed by atoms with van der Waals surface area (Å²) in [7, 11) is 0. The molecule has 0 bridgehead atoms. The zero-order chi connectivity index (χ0) is 13.7. The van der Waals surface area contributed by atoms with Gasteiger partial charge in [-0.15, -0.1) is 0 Å². The lowest BCUT2D eigenvalue weighted by atomic mass is 10.1. The van der Waals surface area contributed by atoms with E-state index in [9.17, 15) is 9.59 Å². The molecule has 0 aromatic heterocycles. The first-order chi connectivity index (χ1) is 9.16. The second-order valence-electron chi connectivity index (χ2n) is 4.74. The maximum atomic E-state index is 11.9. The molecule has 1 heterocycles. The highest BCUT2D eigenvalue weighted by Gasteiger charge is 2.15. The number of rotatable bonds is 4. The average molecular weight is 261 g/mol. The number of anilines is 1. The molecule has 2 rings (SSSR count). The third-order valence-electron chi connectivity index (χ3n) is 3.32. The Morgan fingerprint density at radius 1 is 1.11 bits per heavy atom. The molecule has 1 saturated heterocycles. The molecule has 1 aromatic carbocycles. The summed E-state index contributed by atoms with van der Waals surface area (Å²) in [6.45, 7) is 2.01. The Morgan fingerprint density at radius 2 is 1.74 bits per heavy atom. The Kier molecular flexibility index (Phi) is 4.39. The molecule has 5 heteroatoms. The van der Waals surface area contributed by atoms with E-state index in [0.29, 0.717) is 5.56 Å². The Balaban J connectivity index is 1.84. The molecular formula is C14H19N3O2. The molecule has 0 radical (unpaired) electrons. The molecule has 0 atom stereocenters. The molecule has 19 heavy (non-hydrogen) atoms. The minimum Gasteiger partial charge on any atom is -0.376 e. The van der Waals surface area contributed by atoms with Gasteiger partial charge in [-0.3, -0.25) is 9.59 Å². The lowest BCUT2D eigenvalue weighted by Gasteiger charge is -2.26. The summed E-state index contributed by atoms with van der Waals surface area (Å²) >= 11 is 0. The normalized spacial score (nSPS) is 15.1. The first-order valence-corrected chi connectivity index (χ1v) is 6.58. The lowest BCUT2D eigenvalue weighted by molar-refractivity contribution is -0.130. The summed E-state index contributed by atoms with van der Waals surface area (Å²) in [6, 6.07) is 6.80. The van der Waals surface area contributed by atoms with Gasteiger partial charge in [0.2, 0.25) is 11.8 Å². The summed E-state index contributed by atoms with van der Waals surface area (Å²) in [5, 5.41) is 3.06. The summed E-state index contributed by atoms with van der Waals surface area (Å²) < 4.78 is 0. The highest BCUT2D eigenvalue weighted by Crippen LogP contribution is 2.11. The summed E-state index contributed by atoms with van der Waals surface area (Å²) in [5.74, 6) is -0.324. The number of benzene rings is 1. The molecule has 0 spiro atoms. The van der Waals surface area contributed by atoms with Crippen molar-refractivity contribution in [1.82, 2.24) is 4.90 Å². The van der Waals surface area contributed by atoms with Crippen LogP contribution >= 0.6 is 0 Å². The molecular weight excluding hydrogens is 242 g/mol. The van der Waals surface area contributed by atoms with E-state index in [0.717, 1.165) is 31.6 Å². The largest absolute Gasteiger partial charge is 0.376 e. The van der Waals surface area contributed by atoms with Gasteiger partial charge in [-0.1, -0.05) is 0 Å². The van der Waals surface area contributed by atoms with Gasteiger partial charge in [0.05, 0.1) is 6.54 Å². The van der Waals surface area contributed by atoms with Crippen molar-refractivity contribution in [2.24, 2.45) is 5.73 Å². The van der Waals surface area contributed by atoms with Crippen molar-refractivity contribution in [1.29, 1.82) is 0 Å². The lowest BCUT2D eigenvalue weighted by Crippen LogP contribution is -2.39. The van der Waals surface area contributed by atoms with Crippen LogP contribution in [0.2, 0.25) is 0 Å². The van der Waals surface area contributed by atoms with E-state index in [2.05, 4.69) is 5.32 Å². The number of hydrogen-bond donors (Lipinski definition) is 2. The molecule has 102 valence electrons. The van der Waals surface area contributed by atoms with Crippen molar-refractivity contribution >= 4 is 17.5 Å². The van der Waals surface area contributed by atoms with Crippen LogP contribution in [0.15, 0.2) is 24.3 Å². The number of primary amides is 1. The number of likely N-dealkylation sites (tertiary alicyclic amines) is 1. The van der Waals surface area contributed by atoms with E-state index in [4.69, 9.17) is 5.73 Å². The van der Waals surface area contributed by atoms with E-state index in [1.807, 2.05) is 4.90 Å². The number of amides is 2. The topological polar surface area (TPSA) is 75.4 Å². The van der Waals surface area contributed by atoms with Gasteiger partial charge in [0.25, 0.3) is 0 Å². The number of hydrogen-bond acceptors (Lipinski definition) is 3. The first-order valence-electron chi connectivity index (χ1n) is 6.58. The van der Waals surface area contributed by atoms with Crippen molar-refractivity contribution in [3.05, 3.63) is 29.8 Å². The maximum absolute atomic E-state index is 11.9. The summed E-state index contributed by atoms with van der Waals surface area (Å²) in [4.78, 5) is 24.8. The predicted molar refractivity (Wildman–Crippen MR) is 73.9 cm³/mol. The smallest absolute Gasteiger partial charge is 0.248 e. The maximum Gasteiger partial charge on any atom is 0.248 e. The van der Waals surface area contributed by atoms with Gasteiger partial charge < -0.3 is 16.0 Å². The summed E-state index contributed by atoms with van der Waals surface area (Å²) in [6.07, 6.45) is 3.41. The van der Waals surface area contributed by atoms with Gasteiger partial charge in [0.1, 0.15) is 0 Å². The van der Waals surface area contributed by atoms with Crippen LogP contribution in [0.1, 0.15) is 29.6 Å². The molecule has 2 amide bonds. The zero-order valence-corrected chi connectivity index (χ0v) is 10.9. The highest BCUT2D eigenvalue weighted by atomic mass is 16.2. The van der Waals surface area contributed by atoms with Crippen LogP contribution in [-0.2, 0) is 4.79 Å². The van der Waals surface area contributed by atoms with Crippen LogP contribution in [0.4, 0.5) is 5.69 Å². The molecule has 0 aliphatic carbocycles.